The van der Waals surface area contributed by atoms with Crippen molar-refractivity contribution < 1.29 is 18.0 Å². The van der Waals surface area contributed by atoms with Crippen molar-refractivity contribution in [2.75, 3.05) is 5.32 Å². The molecule has 1 amide bonds. The average molecular weight is 390 g/mol. The molecule has 4 nitrogen and oxygen atoms in total. The van der Waals surface area contributed by atoms with Crippen molar-refractivity contribution >= 4 is 40.2 Å². The predicted molar refractivity (Wildman–Crippen MR) is 97.0 cm³/mol. The molecule has 0 spiro atoms. The largest absolute Gasteiger partial charge is 0.416 e. The first-order valence-electron chi connectivity index (χ1n) is 7.65. The third kappa shape index (κ3) is 3.96. The standard InChI is InChI=1S/C19H11ClF3N3O/c20-15-6-5-13(19(21,22)23)8-17(15)26-18(27)11(9-24)7-12-10-25-16-4-2-1-3-14(12)16/h1-8,10,25H,(H,26,27)/b11-7-. The lowest BCUT2D eigenvalue weighted by molar-refractivity contribution is -0.137. The second-order valence-corrected chi connectivity index (χ2v) is 6.01. The van der Waals surface area contributed by atoms with Gasteiger partial charge >= 0.3 is 6.18 Å². The molecule has 27 heavy (non-hydrogen) atoms. The number of rotatable bonds is 3. The van der Waals surface area contributed by atoms with Gasteiger partial charge in [-0.15, -0.1) is 0 Å². The Labute approximate surface area is 156 Å². The second kappa shape index (κ2) is 7.17. The van der Waals surface area contributed by atoms with Crippen molar-refractivity contribution in [3.05, 3.63) is 70.4 Å². The van der Waals surface area contributed by atoms with E-state index in [4.69, 9.17) is 11.6 Å². The number of hydrogen-bond donors (Lipinski definition) is 2. The van der Waals surface area contributed by atoms with Crippen LogP contribution in [0.3, 0.4) is 0 Å². The van der Waals surface area contributed by atoms with Crippen LogP contribution in [0.15, 0.2) is 54.2 Å². The number of fused-ring (bicyclic) bond motifs is 1. The molecule has 0 fully saturated rings. The highest BCUT2D eigenvalue weighted by Crippen LogP contribution is 2.34. The van der Waals surface area contributed by atoms with E-state index in [0.717, 1.165) is 29.1 Å². The molecule has 0 aliphatic rings. The number of nitriles is 1. The number of hydrogen-bond acceptors (Lipinski definition) is 2. The van der Waals surface area contributed by atoms with Crippen molar-refractivity contribution in [3.8, 4) is 6.07 Å². The highest BCUT2D eigenvalue weighted by Gasteiger charge is 2.31. The fourth-order valence-electron chi connectivity index (χ4n) is 2.50. The molecule has 8 heteroatoms. The minimum Gasteiger partial charge on any atom is -0.361 e. The van der Waals surface area contributed by atoms with E-state index < -0.39 is 17.6 Å². The van der Waals surface area contributed by atoms with E-state index >= 15 is 0 Å². The van der Waals surface area contributed by atoms with Crippen LogP contribution in [-0.2, 0) is 11.0 Å². The van der Waals surface area contributed by atoms with Crippen molar-refractivity contribution in [3.63, 3.8) is 0 Å². The number of carbonyl (C=O) groups excluding carboxylic acids is 1. The third-order valence-corrected chi connectivity index (χ3v) is 4.16. The molecule has 0 bridgehead atoms. The van der Waals surface area contributed by atoms with Gasteiger partial charge in [-0.3, -0.25) is 4.79 Å². The number of benzene rings is 2. The fraction of sp³-hybridized carbons (Fsp3) is 0.0526. The summed E-state index contributed by atoms with van der Waals surface area (Å²) < 4.78 is 38.5. The lowest BCUT2D eigenvalue weighted by Gasteiger charge is -2.11. The van der Waals surface area contributed by atoms with E-state index in [9.17, 15) is 23.2 Å². The predicted octanol–water partition coefficient (Wildman–Crippen LogP) is 5.39. The summed E-state index contributed by atoms with van der Waals surface area (Å²) in [5, 5.41) is 12.3. The molecule has 0 radical (unpaired) electrons. The summed E-state index contributed by atoms with van der Waals surface area (Å²) in [6.45, 7) is 0. The number of aromatic nitrogens is 1. The van der Waals surface area contributed by atoms with Crippen LogP contribution < -0.4 is 5.32 Å². The molecular formula is C19H11ClF3N3O. The summed E-state index contributed by atoms with van der Waals surface area (Å²) in [5.41, 5.74) is -0.0269. The summed E-state index contributed by atoms with van der Waals surface area (Å²) in [6, 6.07) is 11.6. The van der Waals surface area contributed by atoms with Gasteiger partial charge in [0.25, 0.3) is 5.91 Å². The lowest BCUT2D eigenvalue weighted by Crippen LogP contribution is -2.15. The Bertz CT molecular complexity index is 1090. The van der Waals surface area contributed by atoms with Gasteiger partial charge in [0.05, 0.1) is 16.3 Å². The van der Waals surface area contributed by atoms with E-state index in [1.165, 1.54) is 6.08 Å². The maximum Gasteiger partial charge on any atom is 0.416 e. The van der Waals surface area contributed by atoms with Crippen LogP contribution in [-0.4, -0.2) is 10.9 Å². The molecule has 136 valence electrons. The van der Waals surface area contributed by atoms with Crippen LogP contribution in [0.2, 0.25) is 5.02 Å². The molecule has 0 saturated heterocycles. The Morgan fingerprint density at radius 3 is 2.67 bits per heavy atom. The van der Waals surface area contributed by atoms with Crippen LogP contribution in [0, 0.1) is 11.3 Å². The molecular weight excluding hydrogens is 379 g/mol. The number of nitrogens with zero attached hydrogens (tertiary/aromatic N) is 1. The average Bonchev–Trinajstić information content (AvgIpc) is 3.03. The van der Waals surface area contributed by atoms with Gasteiger partial charge in [0.15, 0.2) is 0 Å². The molecule has 0 aliphatic heterocycles. The number of nitrogens with one attached hydrogen (secondary N) is 2. The van der Waals surface area contributed by atoms with Gasteiger partial charge < -0.3 is 10.3 Å². The minimum atomic E-state index is -4.58. The SMILES string of the molecule is N#C/C(=C/c1c[nH]c2ccccc12)C(=O)Nc1cc(C(F)(F)F)ccc1Cl. The van der Waals surface area contributed by atoms with Crippen molar-refractivity contribution in [2.24, 2.45) is 0 Å². The van der Waals surface area contributed by atoms with Crippen LogP contribution in [0.4, 0.5) is 18.9 Å². The zero-order valence-electron chi connectivity index (χ0n) is 13.6. The Balaban J connectivity index is 1.92. The number of anilines is 1. The maximum absolute atomic E-state index is 12.8. The highest BCUT2D eigenvalue weighted by atomic mass is 35.5. The topological polar surface area (TPSA) is 68.7 Å². The lowest BCUT2D eigenvalue weighted by atomic mass is 10.1. The van der Waals surface area contributed by atoms with E-state index in [1.54, 1.807) is 12.3 Å². The number of carbonyl (C=O) groups is 1. The number of amides is 1. The van der Waals surface area contributed by atoms with Crippen LogP contribution >= 0.6 is 11.6 Å². The number of aromatic amines is 1. The molecule has 0 aliphatic carbocycles. The first-order chi connectivity index (χ1) is 12.8. The monoisotopic (exact) mass is 389 g/mol. The van der Waals surface area contributed by atoms with Crippen molar-refractivity contribution in [1.29, 1.82) is 5.26 Å². The smallest absolute Gasteiger partial charge is 0.361 e. The maximum atomic E-state index is 12.8. The number of para-hydroxylation sites is 1. The van der Waals surface area contributed by atoms with Gasteiger partial charge in [-0.25, -0.2) is 0 Å². The van der Waals surface area contributed by atoms with Gasteiger partial charge in [-0.2, -0.15) is 18.4 Å². The number of H-pyrrole nitrogens is 1. The van der Waals surface area contributed by atoms with Crippen LogP contribution in [0.25, 0.3) is 17.0 Å². The Morgan fingerprint density at radius 1 is 1.22 bits per heavy atom. The summed E-state index contributed by atoms with van der Waals surface area (Å²) in [5.74, 6) is -0.857. The summed E-state index contributed by atoms with van der Waals surface area (Å²) in [4.78, 5) is 15.4. The summed E-state index contributed by atoms with van der Waals surface area (Å²) in [6.07, 6.45) is -1.59. The highest BCUT2D eigenvalue weighted by molar-refractivity contribution is 6.34. The van der Waals surface area contributed by atoms with Gasteiger partial charge in [0.2, 0.25) is 0 Å². The fourth-order valence-corrected chi connectivity index (χ4v) is 2.67. The Morgan fingerprint density at radius 2 is 1.96 bits per heavy atom. The van der Waals surface area contributed by atoms with Gasteiger partial charge in [-0.05, 0) is 30.3 Å². The van der Waals surface area contributed by atoms with E-state index in [2.05, 4.69) is 10.3 Å². The molecule has 1 heterocycles. The van der Waals surface area contributed by atoms with Crippen molar-refractivity contribution in [1.82, 2.24) is 4.98 Å². The first kappa shape index (κ1) is 18.5. The molecule has 2 aromatic carbocycles. The summed E-state index contributed by atoms with van der Waals surface area (Å²) >= 11 is 5.87. The molecule has 0 unspecified atom stereocenters. The molecule has 0 saturated carbocycles. The zero-order chi connectivity index (χ0) is 19.6. The minimum absolute atomic E-state index is 0.0688. The van der Waals surface area contributed by atoms with E-state index in [-0.39, 0.29) is 16.3 Å². The van der Waals surface area contributed by atoms with E-state index in [0.29, 0.717) is 5.56 Å². The van der Waals surface area contributed by atoms with Crippen molar-refractivity contribution in [2.45, 2.75) is 6.18 Å². The van der Waals surface area contributed by atoms with Gasteiger partial charge in [0, 0.05) is 22.7 Å². The Hall–Kier alpha value is -3.24. The molecule has 3 aromatic rings. The zero-order valence-corrected chi connectivity index (χ0v) is 14.3. The number of alkyl halides is 3. The second-order valence-electron chi connectivity index (χ2n) is 5.61. The van der Waals surface area contributed by atoms with Gasteiger partial charge in [0.1, 0.15) is 11.6 Å². The first-order valence-corrected chi connectivity index (χ1v) is 8.03. The van der Waals surface area contributed by atoms with Gasteiger partial charge in [-0.1, -0.05) is 29.8 Å². The molecule has 2 N–H and O–H groups in total. The molecule has 1 aromatic heterocycles. The normalized spacial score (nSPS) is 12.0. The van der Waals surface area contributed by atoms with E-state index in [1.807, 2.05) is 24.3 Å². The third-order valence-electron chi connectivity index (χ3n) is 3.83. The molecule has 3 rings (SSSR count). The molecule has 0 atom stereocenters. The number of halogens is 4. The quantitative estimate of drug-likeness (QED) is 0.466. The van der Waals surface area contributed by atoms with Crippen LogP contribution in [0.1, 0.15) is 11.1 Å². The Kier molecular flexibility index (Phi) is 4.93. The summed E-state index contributed by atoms with van der Waals surface area (Å²) in [7, 11) is 0. The van der Waals surface area contributed by atoms with Crippen LogP contribution in [0.5, 0.6) is 0 Å².